The van der Waals surface area contributed by atoms with Gasteiger partial charge < -0.3 is 4.84 Å². The largest absolute Gasteiger partial charge is 0.355 e. The molecule has 4 heteroatoms. The summed E-state index contributed by atoms with van der Waals surface area (Å²) in [5.41, 5.74) is 0. The van der Waals surface area contributed by atoms with Gasteiger partial charge in [-0.05, 0) is 6.92 Å². The molecule has 0 aromatic carbocycles. The SMILES string of the molecule is C=CC(=O)ON(C)C(=O)C=CC. The Balaban J connectivity index is 4.03. The van der Waals surface area contributed by atoms with Gasteiger partial charge in [0.2, 0.25) is 0 Å². The Morgan fingerprint density at radius 2 is 2.08 bits per heavy atom. The van der Waals surface area contributed by atoms with Gasteiger partial charge in [-0.2, -0.15) is 5.06 Å². The van der Waals surface area contributed by atoms with Crippen LogP contribution >= 0.6 is 0 Å². The summed E-state index contributed by atoms with van der Waals surface area (Å²) in [4.78, 5) is 26.0. The molecule has 0 radical (unpaired) electrons. The number of carbonyl (C=O) groups excluding carboxylic acids is 2. The molecule has 0 rings (SSSR count). The number of hydrogen-bond acceptors (Lipinski definition) is 3. The summed E-state index contributed by atoms with van der Waals surface area (Å²) in [6, 6.07) is 0. The van der Waals surface area contributed by atoms with Crippen LogP contribution < -0.4 is 0 Å². The van der Waals surface area contributed by atoms with Crippen molar-refractivity contribution in [3.8, 4) is 0 Å². The standard InChI is InChI=1S/C8H11NO3/c1-4-6-7(10)9(3)12-8(11)5-2/h4-6H,2H2,1,3H3. The molecule has 0 aromatic heterocycles. The molecule has 0 spiro atoms. The van der Waals surface area contributed by atoms with Gasteiger partial charge in [0.05, 0.1) is 0 Å². The molecular weight excluding hydrogens is 158 g/mol. The molecule has 0 atom stereocenters. The Bertz CT molecular complexity index is 220. The average Bonchev–Trinajstić information content (AvgIpc) is 2.04. The number of rotatable bonds is 2. The van der Waals surface area contributed by atoms with E-state index in [1.165, 1.54) is 13.1 Å². The van der Waals surface area contributed by atoms with Crippen LogP contribution in [0.3, 0.4) is 0 Å². The average molecular weight is 169 g/mol. The highest BCUT2D eigenvalue weighted by molar-refractivity contribution is 5.88. The van der Waals surface area contributed by atoms with Crippen LogP contribution in [0.2, 0.25) is 0 Å². The number of hydrogen-bond donors (Lipinski definition) is 0. The second-order valence-corrected chi connectivity index (χ2v) is 1.95. The molecule has 0 N–H and O–H groups in total. The van der Waals surface area contributed by atoms with Gasteiger partial charge in [-0.3, -0.25) is 4.79 Å². The summed E-state index contributed by atoms with van der Waals surface area (Å²) in [5.74, 6) is -1.05. The highest BCUT2D eigenvalue weighted by atomic mass is 16.7. The lowest BCUT2D eigenvalue weighted by Crippen LogP contribution is -2.27. The monoisotopic (exact) mass is 169 g/mol. The first kappa shape index (κ1) is 10.4. The molecule has 0 aliphatic rings. The fourth-order valence-corrected chi connectivity index (χ4v) is 0.465. The molecular formula is C8H11NO3. The zero-order valence-electron chi connectivity index (χ0n) is 7.11. The zero-order valence-corrected chi connectivity index (χ0v) is 7.11. The molecule has 0 unspecified atom stereocenters. The normalized spacial score (nSPS) is 9.50. The minimum absolute atomic E-state index is 0.396. The summed E-state index contributed by atoms with van der Waals surface area (Å²) in [5, 5.41) is 0.837. The maximum Gasteiger partial charge on any atom is 0.355 e. The van der Waals surface area contributed by atoms with Crippen LogP contribution in [0.5, 0.6) is 0 Å². The minimum Gasteiger partial charge on any atom is -0.333 e. The second kappa shape index (κ2) is 5.12. The first-order valence-electron chi connectivity index (χ1n) is 3.36. The van der Waals surface area contributed by atoms with Crippen LogP contribution in [-0.2, 0) is 14.4 Å². The van der Waals surface area contributed by atoms with Crippen molar-refractivity contribution in [2.45, 2.75) is 6.92 Å². The van der Waals surface area contributed by atoms with Gasteiger partial charge in [-0.15, -0.1) is 0 Å². The van der Waals surface area contributed by atoms with Gasteiger partial charge in [-0.25, -0.2) is 4.79 Å². The third kappa shape index (κ3) is 3.55. The predicted octanol–water partition coefficient (Wildman–Crippen LogP) is 0.665. The van der Waals surface area contributed by atoms with Crippen molar-refractivity contribution in [2.75, 3.05) is 7.05 Å². The fourth-order valence-electron chi connectivity index (χ4n) is 0.465. The third-order valence-corrected chi connectivity index (χ3v) is 1.01. The highest BCUT2D eigenvalue weighted by Gasteiger charge is 2.07. The maximum atomic E-state index is 10.9. The highest BCUT2D eigenvalue weighted by Crippen LogP contribution is 1.90. The Kier molecular flexibility index (Phi) is 4.45. The van der Waals surface area contributed by atoms with E-state index in [1.807, 2.05) is 0 Å². The van der Waals surface area contributed by atoms with E-state index in [0.717, 1.165) is 11.1 Å². The van der Waals surface area contributed by atoms with E-state index in [2.05, 4.69) is 11.4 Å². The van der Waals surface area contributed by atoms with Crippen molar-refractivity contribution >= 4 is 11.9 Å². The van der Waals surface area contributed by atoms with Gasteiger partial charge in [0.15, 0.2) is 0 Å². The number of hydroxylamine groups is 2. The van der Waals surface area contributed by atoms with Gasteiger partial charge in [0.25, 0.3) is 5.91 Å². The summed E-state index contributed by atoms with van der Waals surface area (Å²) in [6.07, 6.45) is 3.83. The summed E-state index contributed by atoms with van der Waals surface area (Å²) >= 11 is 0. The van der Waals surface area contributed by atoms with E-state index < -0.39 is 11.9 Å². The van der Waals surface area contributed by atoms with Crippen LogP contribution in [-0.4, -0.2) is 24.0 Å². The molecule has 0 aliphatic carbocycles. The van der Waals surface area contributed by atoms with Gasteiger partial charge >= 0.3 is 5.97 Å². The Morgan fingerprint density at radius 3 is 2.50 bits per heavy atom. The number of carbonyl (C=O) groups is 2. The van der Waals surface area contributed by atoms with E-state index in [4.69, 9.17) is 0 Å². The number of nitrogens with zero attached hydrogens (tertiary/aromatic N) is 1. The van der Waals surface area contributed by atoms with Crippen molar-refractivity contribution in [1.29, 1.82) is 0 Å². The van der Waals surface area contributed by atoms with Crippen molar-refractivity contribution in [2.24, 2.45) is 0 Å². The predicted molar refractivity (Wildman–Crippen MR) is 43.9 cm³/mol. The topological polar surface area (TPSA) is 46.6 Å². The van der Waals surface area contributed by atoms with Gasteiger partial charge in [-0.1, -0.05) is 12.7 Å². The van der Waals surface area contributed by atoms with Crippen LogP contribution in [0, 0.1) is 0 Å². The molecule has 0 saturated heterocycles. The number of likely N-dealkylation sites (N-methyl/N-ethyl adjacent to an activating group) is 1. The molecule has 0 heterocycles. The lowest BCUT2D eigenvalue weighted by Gasteiger charge is -2.11. The van der Waals surface area contributed by atoms with E-state index in [-0.39, 0.29) is 0 Å². The smallest absolute Gasteiger partial charge is 0.333 e. The van der Waals surface area contributed by atoms with E-state index in [9.17, 15) is 9.59 Å². The van der Waals surface area contributed by atoms with Crippen molar-refractivity contribution in [3.05, 3.63) is 24.8 Å². The molecule has 4 nitrogen and oxygen atoms in total. The van der Waals surface area contributed by atoms with E-state index >= 15 is 0 Å². The third-order valence-electron chi connectivity index (χ3n) is 1.01. The first-order chi connectivity index (χ1) is 5.61. The quantitative estimate of drug-likeness (QED) is 0.450. The molecule has 0 aromatic rings. The summed E-state index contributed by atoms with van der Waals surface area (Å²) in [6.45, 7) is 4.88. The van der Waals surface area contributed by atoms with Crippen molar-refractivity contribution in [1.82, 2.24) is 5.06 Å². The Labute approximate surface area is 71.1 Å². The molecule has 0 fully saturated rings. The molecule has 0 saturated carbocycles. The second-order valence-electron chi connectivity index (χ2n) is 1.95. The maximum absolute atomic E-state index is 10.9. The van der Waals surface area contributed by atoms with Crippen LogP contribution in [0.15, 0.2) is 24.8 Å². The van der Waals surface area contributed by atoms with Gasteiger partial charge in [0.1, 0.15) is 0 Å². The Hall–Kier alpha value is -1.58. The fraction of sp³-hybridized carbons (Fsp3) is 0.250. The van der Waals surface area contributed by atoms with E-state index in [0.29, 0.717) is 0 Å². The molecule has 1 amide bonds. The van der Waals surface area contributed by atoms with Gasteiger partial charge in [0, 0.05) is 19.2 Å². The number of amides is 1. The van der Waals surface area contributed by atoms with Crippen LogP contribution in [0.25, 0.3) is 0 Å². The summed E-state index contributed by atoms with van der Waals surface area (Å²) < 4.78 is 0. The van der Waals surface area contributed by atoms with Crippen LogP contribution in [0.4, 0.5) is 0 Å². The Morgan fingerprint density at radius 1 is 1.50 bits per heavy atom. The molecule has 0 aliphatic heterocycles. The lowest BCUT2D eigenvalue weighted by atomic mass is 10.5. The van der Waals surface area contributed by atoms with E-state index in [1.54, 1.807) is 13.0 Å². The number of allylic oxidation sites excluding steroid dienone is 1. The molecule has 12 heavy (non-hydrogen) atoms. The summed E-state index contributed by atoms with van der Waals surface area (Å²) in [7, 11) is 1.35. The molecule has 0 bridgehead atoms. The lowest BCUT2D eigenvalue weighted by molar-refractivity contribution is -0.184. The molecule has 66 valence electrons. The zero-order chi connectivity index (χ0) is 9.56. The van der Waals surface area contributed by atoms with Crippen LogP contribution in [0.1, 0.15) is 6.92 Å². The minimum atomic E-state index is -0.657. The van der Waals surface area contributed by atoms with Crippen molar-refractivity contribution in [3.63, 3.8) is 0 Å². The van der Waals surface area contributed by atoms with Crippen molar-refractivity contribution < 1.29 is 14.4 Å². The first-order valence-corrected chi connectivity index (χ1v) is 3.36.